The fourth-order valence-corrected chi connectivity index (χ4v) is 3.19. The van der Waals surface area contributed by atoms with Crippen LogP contribution in [0.3, 0.4) is 0 Å². The van der Waals surface area contributed by atoms with Crippen molar-refractivity contribution in [2.24, 2.45) is 5.10 Å². The van der Waals surface area contributed by atoms with Crippen LogP contribution in [0.4, 0.5) is 0 Å². The molecule has 0 aliphatic rings. The normalized spacial score (nSPS) is 10.8. The molecule has 0 atom stereocenters. The van der Waals surface area contributed by atoms with Gasteiger partial charge in [0.25, 0.3) is 11.8 Å². The molecule has 2 N–H and O–H groups in total. The molecule has 0 bridgehead atoms. The van der Waals surface area contributed by atoms with Crippen molar-refractivity contribution >= 4 is 44.7 Å². The molecule has 3 rings (SSSR count). The number of rotatable bonds is 7. The molecule has 0 radical (unpaired) electrons. The molecule has 0 spiro atoms. The third-order valence-electron chi connectivity index (χ3n) is 4.11. The predicted octanol–water partition coefficient (Wildman–Crippen LogP) is 3.88. The molecule has 148 valence electrons. The van der Waals surface area contributed by atoms with Crippen molar-refractivity contribution in [2.45, 2.75) is 6.92 Å². The van der Waals surface area contributed by atoms with Crippen molar-refractivity contribution in [1.29, 1.82) is 0 Å². The second kappa shape index (κ2) is 9.84. The van der Waals surface area contributed by atoms with E-state index < -0.39 is 5.91 Å². The van der Waals surface area contributed by atoms with E-state index in [0.29, 0.717) is 17.9 Å². The molecule has 0 aromatic heterocycles. The molecule has 29 heavy (non-hydrogen) atoms. The highest BCUT2D eigenvalue weighted by Gasteiger charge is 2.09. The third-order valence-corrected chi connectivity index (χ3v) is 4.60. The Hall–Kier alpha value is -3.19. The number of hydrogen-bond acceptors (Lipinski definition) is 4. The van der Waals surface area contributed by atoms with E-state index in [1.807, 2.05) is 49.4 Å². The smallest absolute Gasteiger partial charge is 0.259 e. The molecule has 0 aliphatic carbocycles. The van der Waals surface area contributed by atoms with Gasteiger partial charge in [-0.05, 0) is 42.0 Å². The van der Waals surface area contributed by atoms with E-state index in [1.165, 1.54) is 0 Å². The first-order valence-electron chi connectivity index (χ1n) is 9.08. The van der Waals surface area contributed by atoms with Crippen molar-refractivity contribution < 1.29 is 14.3 Å². The number of nitrogens with one attached hydrogen (secondary N) is 2. The summed E-state index contributed by atoms with van der Waals surface area (Å²) in [7, 11) is 0. The number of amides is 2. The number of hydrogen-bond donors (Lipinski definition) is 2. The van der Waals surface area contributed by atoms with Crippen LogP contribution in [0.25, 0.3) is 10.8 Å². The molecule has 0 heterocycles. The molecular weight excluding hydrogens is 434 g/mol. The number of ether oxygens (including phenoxy) is 1. The second-order valence-electron chi connectivity index (χ2n) is 6.12. The first-order chi connectivity index (χ1) is 14.1. The lowest BCUT2D eigenvalue weighted by Gasteiger charge is -2.10. The quantitative estimate of drug-likeness (QED) is 0.420. The maximum Gasteiger partial charge on any atom is 0.259 e. The van der Waals surface area contributed by atoms with E-state index in [9.17, 15) is 9.59 Å². The summed E-state index contributed by atoms with van der Waals surface area (Å²) < 4.78 is 6.47. The van der Waals surface area contributed by atoms with E-state index >= 15 is 0 Å². The lowest BCUT2D eigenvalue weighted by Crippen LogP contribution is -2.34. The average Bonchev–Trinajstić information content (AvgIpc) is 2.73. The van der Waals surface area contributed by atoms with E-state index in [0.717, 1.165) is 20.8 Å². The number of carbonyl (C=O) groups is 2. The van der Waals surface area contributed by atoms with Gasteiger partial charge in [0.2, 0.25) is 0 Å². The Morgan fingerprint density at radius 3 is 2.72 bits per heavy atom. The molecule has 0 fully saturated rings. The standard InChI is InChI=1S/C22H20BrN3O3/c1-2-29-20-11-10-15-6-3-4-9-18(15)19(20)13-25-26-21(27)14-24-22(28)16-7-5-8-17(23)12-16/h3-13H,2,14H2,1H3,(H,24,28)(H,26,27)/b25-13+. The summed E-state index contributed by atoms with van der Waals surface area (Å²) in [6.07, 6.45) is 1.56. The number of halogens is 1. The highest BCUT2D eigenvalue weighted by Crippen LogP contribution is 2.26. The Bertz CT molecular complexity index is 1070. The van der Waals surface area contributed by atoms with Gasteiger partial charge in [0.15, 0.2) is 0 Å². The number of fused-ring (bicyclic) bond motifs is 1. The molecule has 6 nitrogen and oxygen atoms in total. The molecule has 3 aromatic rings. The first-order valence-corrected chi connectivity index (χ1v) is 9.88. The molecule has 0 saturated carbocycles. The largest absolute Gasteiger partial charge is 0.493 e. The van der Waals surface area contributed by atoms with Crippen molar-refractivity contribution in [3.05, 3.63) is 76.3 Å². The molecule has 3 aromatic carbocycles. The minimum absolute atomic E-state index is 0.184. The topological polar surface area (TPSA) is 79.8 Å². The zero-order chi connectivity index (χ0) is 20.6. The Morgan fingerprint density at radius 1 is 1.10 bits per heavy atom. The minimum atomic E-state index is -0.428. The first kappa shape index (κ1) is 20.5. The minimum Gasteiger partial charge on any atom is -0.493 e. The number of carbonyl (C=O) groups excluding carboxylic acids is 2. The summed E-state index contributed by atoms with van der Waals surface area (Å²) in [5, 5.41) is 8.62. The summed E-state index contributed by atoms with van der Waals surface area (Å²) in [5.41, 5.74) is 3.68. The van der Waals surface area contributed by atoms with Crippen molar-refractivity contribution in [1.82, 2.24) is 10.7 Å². The van der Waals surface area contributed by atoms with Gasteiger partial charge < -0.3 is 10.1 Å². The van der Waals surface area contributed by atoms with Gasteiger partial charge in [-0.15, -0.1) is 0 Å². The lowest BCUT2D eigenvalue weighted by molar-refractivity contribution is -0.120. The summed E-state index contributed by atoms with van der Waals surface area (Å²) in [4.78, 5) is 24.1. The molecule has 2 amide bonds. The van der Waals surface area contributed by atoms with E-state index in [2.05, 4.69) is 31.8 Å². The van der Waals surface area contributed by atoms with Crippen LogP contribution in [0.1, 0.15) is 22.8 Å². The third kappa shape index (κ3) is 5.42. The van der Waals surface area contributed by atoms with Crippen LogP contribution in [0.2, 0.25) is 0 Å². The van der Waals surface area contributed by atoms with E-state index in [-0.39, 0.29) is 12.5 Å². The van der Waals surface area contributed by atoms with Crippen molar-refractivity contribution in [2.75, 3.05) is 13.2 Å². The van der Waals surface area contributed by atoms with E-state index in [4.69, 9.17) is 4.74 Å². The van der Waals surface area contributed by atoms with Gasteiger partial charge in [-0.1, -0.05) is 52.3 Å². The molecule has 7 heteroatoms. The second-order valence-corrected chi connectivity index (χ2v) is 7.03. The summed E-state index contributed by atoms with van der Waals surface area (Å²) in [6.45, 7) is 2.25. The Labute approximate surface area is 177 Å². The Kier molecular flexibility index (Phi) is 6.97. The van der Waals surface area contributed by atoms with Gasteiger partial charge in [-0.2, -0.15) is 5.10 Å². The van der Waals surface area contributed by atoms with Crippen LogP contribution in [-0.2, 0) is 4.79 Å². The molecule has 0 aliphatic heterocycles. The number of benzene rings is 3. The van der Waals surface area contributed by atoms with Gasteiger partial charge in [0, 0.05) is 15.6 Å². The number of nitrogens with zero attached hydrogens (tertiary/aromatic N) is 1. The van der Waals surface area contributed by atoms with Crippen molar-refractivity contribution in [3.63, 3.8) is 0 Å². The van der Waals surface area contributed by atoms with Gasteiger partial charge in [0.1, 0.15) is 5.75 Å². The lowest BCUT2D eigenvalue weighted by atomic mass is 10.0. The molecule has 0 saturated heterocycles. The SMILES string of the molecule is CCOc1ccc2ccccc2c1/C=N/NC(=O)CNC(=O)c1cccc(Br)c1. The van der Waals surface area contributed by atoms with Gasteiger partial charge in [0.05, 0.1) is 19.4 Å². The van der Waals surface area contributed by atoms with Crippen LogP contribution < -0.4 is 15.5 Å². The summed E-state index contributed by atoms with van der Waals surface area (Å²) >= 11 is 3.31. The zero-order valence-electron chi connectivity index (χ0n) is 15.8. The Balaban J connectivity index is 1.64. The van der Waals surface area contributed by atoms with Gasteiger partial charge >= 0.3 is 0 Å². The number of hydrazone groups is 1. The maximum atomic E-state index is 12.1. The fourth-order valence-electron chi connectivity index (χ4n) is 2.79. The predicted molar refractivity (Wildman–Crippen MR) is 117 cm³/mol. The summed E-state index contributed by atoms with van der Waals surface area (Å²) in [6, 6.07) is 18.7. The average molecular weight is 454 g/mol. The Morgan fingerprint density at radius 2 is 1.93 bits per heavy atom. The van der Waals surface area contributed by atoms with Gasteiger partial charge in [-0.3, -0.25) is 9.59 Å². The van der Waals surface area contributed by atoms with E-state index in [1.54, 1.807) is 24.4 Å². The van der Waals surface area contributed by atoms with Crippen LogP contribution in [0.5, 0.6) is 5.75 Å². The monoisotopic (exact) mass is 453 g/mol. The fraction of sp³-hybridized carbons (Fsp3) is 0.136. The van der Waals surface area contributed by atoms with Crippen LogP contribution >= 0.6 is 15.9 Å². The van der Waals surface area contributed by atoms with Crippen molar-refractivity contribution in [3.8, 4) is 5.75 Å². The highest BCUT2D eigenvalue weighted by atomic mass is 79.9. The maximum absolute atomic E-state index is 12.1. The highest BCUT2D eigenvalue weighted by molar-refractivity contribution is 9.10. The summed E-state index contributed by atoms with van der Waals surface area (Å²) in [5.74, 6) is -0.0759. The van der Waals surface area contributed by atoms with Gasteiger partial charge in [-0.25, -0.2) is 5.43 Å². The zero-order valence-corrected chi connectivity index (χ0v) is 17.4. The van der Waals surface area contributed by atoms with Crippen LogP contribution in [0, 0.1) is 0 Å². The van der Waals surface area contributed by atoms with Crippen LogP contribution in [0.15, 0.2) is 70.2 Å². The molecule has 0 unspecified atom stereocenters. The molecular formula is C22H20BrN3O3. The van der Waals surface area contributed by atoms with Crippen LogP contribution in [-0.4, -0.2) is 31.2 Å².